The lowest BCUT2D eigenvalue weighted by Gasteiger charge is -2.39. The van der Waals surface area contributed by atoms with Crippen LogP contribution in [0.5, 0.6) is 11.5 Å². The first-order chi connectivity index (χ1) is 29.5. The molecule has 0 saturated carbocycles. The van der Waals surface area contributed by atoms with Gasteiger partial charge in [0.1, 0.15) is 11.5 Å². The molecule has 312 valence electrons. The molecule has 4 heterocycles. The molecule has 0 aliphatic carbocycles. The van der Waals surface area contributed by atoms with Crippen LogP contribution in [0.4, 0.5) is 5.69 Å². The third-order valence-electron chi connectivity index (χ3n) is 13.5. The summed E-state index contributed by atoms with van der Waals surface area (Å²) in [5, 5.41) is 17.5. The molecule has 61 heavy (non-hydrogen) atoms. The van der Waals surface area contributed by atoms with Crippen LogP contribution in [-0.2, 0) is 39.4 Å². The number of aromatic nitrogens is 2. The van der Waals surface area contributed by atoms with E-state index in [1.807, 2.05) is 91.0 Å². The first-order valence-electron chi connectivity index (χ1n) is 20.8. The van der Waals surface area contributed by atoms with E-state index in [1.54, 1.807) is 36.3 Å². The summed E-state index contributed by atoms with van der Waals surface area (Å²) in [6.07, 6.45) is 1.69. The van der Waals surface area contributed by atoms with E-state index in [9.17, 15) is 14.7 Å². The van der Waals surface area contributed by atoms with Crippen molar-refractivity contribution < 1.29 is 28.9 Å². The summed E-state index contributed by atoms with van der Waals surface area (Å²) in [6.45, 7) is 7.19. The standard InChI is InChI=1S/C49H50N4O7Si/c1-31-46(61(4,5)40-21-18-38(58-2)19-22-40)44(26-45(55)51-29-35-12-7-6-10-33(35)24-37(51)30-54)60-49(31)42-25-39(59-3)20-23-43(42)52(48(49)57)28-32-14-16-36(17-15-32)53-47(56)41-13-9-8-11-34(41)27-50-53/h6-23,25,27,31,37,44,46,54H,24,26,28-30H2,1-5H3/t31-,37+,44+,46-,49+/m1/s1. The number of carbonyl (C=O) groups is 2. The maximum Gasteiger partial charge on any atom is 0.279 e. The first kappa shape index (κ1) is 40.3. The minimum atomic E-state index is -2.57. The molecule has 1 fully saturated rings. The summed E-state index contributed by atoms with van der Waals surface area (Å²) in [7, 11) is 0.690. The van der Waals surface area contributed by atoms with E-state index >= 15 is 4.79 Å². The number of amides is 2. The number of aliphatic hydroxyl groups excluding tert-OH is 1. The van der Waals surface area contributed by atoms with Gasteiger partial charge in [0.05, 0.1) is 77.0 Å². The van der Waals surface area contributed by atoms with E-state index in [0.717, 1.165) is 38.7 Å². The highest BCUT2D eigenvalue weighted by Gasteiger charge is 2.66. The molecule has 0 bridgehead atoms. The molecule has 12 heteroatoms. The second kappa shape index (κ2) is 15.7. The van der Waals surface area contributed by atoms with Crippen LogP contribution in [-0.4, -0.2) is 72.6 Å². The van der Waals surface area contributed by atoms with E-state index in [2.05, 4.69) is 43.3 Å². The van der Waals surface area contributed by atoms with Crippen molar-refractivity contribution in [2.24, 2.45) is 5.92 Å². The van der Waals surface area contributed by atoms with Gasteiger partial charge in [0.2, 0.25) is 5.91 Å². The van der Waals surface area contributed by atoms with Crippen molar-refractivity contribution in [1.29, 1.82) is 0 Å². The van der Waals surface area contributed by atoms with Crippen molar-refractivity contribution in [3.8, 4) is 17.2 Å². The molecule has 2 amide bonds. The fourth-order valence-electron chi connectivity index (χ4n) is 10.3. The van der Waals surface area contributed by atoms with Crippen LogP contribution in [0.25, 0.3) is 16.5 Å². The van der Waals surface area contributed by atoms with Crippen LogP contribution in [0, 0.1) is 5.92 Å². The molecule has 1 spiro atoms. The van der Waals surface area contributed by atoms with E-state index < -0.39 is 19.8 Å². The normalized spacial score (nSPS) is 22.1. The fourth-order valence-corrected chi connectivity index (χ4v) is 14.3. The van der Waals surface area contributed by atoms with Crippen LogP contribution < -0.4 is 25.1 Å². The van der Waals surface area contributed by atoms with Gasteiger partial charge in [-0.1, -0.05) is 91.9 Å². The van der Waals surface area contributed by atoms with Gasteiger partial charge in [-0.2, -0.15) is 9.78 Å². The number of carbonyl (C=O) groups excluding carboxylic acids is 2. The minimum Gasteiger partial charge on any atom is -0.497 e. The molecule has 5 atom stereocenters. The van der Waals surface area contributed by atoms with Crippen molar-refractivity contribution in [2.45, 2.75) is 69.2 Å². The topological polar surface area (TPSA) is 123 Å². The molecule has 6 aromatic rings. The van der Waals surface area contributed by atoms with Crippen LogP contribution in [0.3, 0.4) is 0 Å². The fraction of sp³-hybridized carbons (Fsp3) is 0.306. The third-order valence-corrected chi connectivity index (χ3v) is 17.9. The van der Waals surface area contributed by atoms with Crippen molar-refractivity contribution >= 4 is 41.5 Å². The van der Waals surface area contributed by atoms with Gasteiger partial charge >= 0.3 is 0 Å². The number of hydrogen-bond acceptors (Lipinski definition) is 8. The molecule has 1 aromatic heterocycles. The number of fused-ring (bicyclic) bond motifs is 4. The van der Waals surface area contributed by atoms with Crippen molar-refractivity contribution in [1.82, 2.24) is 14.7 Å². The Morgan fingerprint density at radius 3 is 2.30 bits per heavy atom. The highest BCUT2D eigenvalue weighted by atomic mass is 28.3. The molecule has 0 radical (unpaired) electrons. The molecular formula is C49H50N4O7Si. The lowest BCUT2D eigenvalue weighted by Crippen LogP contribution is -2.52. The monoisotopic (exact) mass is 834 g/mol. The van der Waals surface area contributed by atoms with Crippen LogP contribution in [0.2, 0.25) is 18.6 Å². The van der Waals surface area contributed by atoms with Gasteiger partial charge in [0.15, 0.2) is 5.60 Å². The summed E-state index contributed by atoms with van der Waals surface area (Å²) >= 11 is 0. The number of benzene rings is 5. The molecule has 0 unspecified atom stereocenters. The van der Waals surface area contributed by atoms with Crippen molar-refractivity contribution in [2.75, 3.05) is 25.7 Å². The Morgan fingerprint density at radius 2 is 1.57 bits per heavy atom. The van der Waals surface area contributed by atoms with Crippen LogP contribution >= 0.6 is 0 Å². The Bertz CT molecular complexity index is 2700. The van der Waals surface area contributed by atoms with Gasteiger partial charge < -0.3 is 29.1 Å². The maximum atomic E-state index is 15.5. The number of aliphatic hydroxyl groups is 1. The van der Waals surface area contributed by atoms with E-state index in [0.29, 0.717) is 35.4 Å². The van der Waals surface area contributed by atoms with Crippen molar-refractivity contribution in [3.63, 3.8) is 0 Å². The molecule has 1 N–H and O–H groups in total. The summed E-state index contributed by atoms with van der Waals surface area (Å²) in [4.78, 5) is 47.1. The predicted octanol–water partition coefficient (Wildman–Crippen LogP) is 6.50. The lowest BCUT2D eigenvalue weighted by molar-refractivity contribution is -0.151. The molecule has 1 saturated heterocycles. The Hall–Kier alpha value is -6.08. The number of anilines is 1. The Kier molecular flexibility index (Phi) is 10.4. The zero-order chi connectivity index (χ0) is 42.6. The highest BCUT2D eigenvalue weighted by Crippen LogP contribution is 2.60. The minimum absolute atomic E-state index is 0.0538. The highest BCUT2D eigenvalue weighted by molar-refractivity contribution is 6.91. The second-order valence-corrected chi connectivity index (χ2v) is 21.8. The van der Waals surface area contributed by atoms with Crippen molar-refractivity contribution in [3.05, 3.63) is 154 Å². The average Bonchev–Trinajstić information content (AvgIpc) is 3.71. The first-order valence-corrected chi connectivity index (χ1v) is 23.9. The summed E-state index contributed by atoms with van der Waals surface area (Å²) in [5.74, 6) is 0.701. The van der Waals surface area contributed by atoms with Gasteiger partial charge in [-0.25, -0.2) is 0 Å². The zero-order valence-corrected chi connectivity index (χ0v) is 36.1. The van der Waals surface area contributed by atoms with Crippen LogP contribution in [0.1, 0.15) is 35.6 Å². The number of methoxy groups -OCH3 is 2. The maximum absolute atomic E-state index is 15.5. The quantitative estimate of drug-likeness (QED) is 0.155. The Labute approximate surface area is 356 Å². The number of ether oxygens (including phenoxy) is 3. The molecule has 3 aliphatic rings. The molecule has 5 aromatic carbocycles. The number of nitrogens with zero attached hydrogens (tertiary/aromatic N) is 4. The largest absolute Gasteiger partial charge is 0.497 e. The van der Waals surface area contributed by atoms with Gasteiger partial charge in [-0.05, 0) is 77.2 Å². The summed E-state index contributed by atoms with van der Waals surface area (Å²) < 4.78 is 20.0. The van der Waals surface area contributed by atoms with Gasteiger partial charge in [0.25, 0.3) is 11.5 Å². The van der Waals surface area contributed by atoms with Gasteiger partial charge in [-0.15, -0.1) is 0 Å². The second-order valence-electron chi connectivity index (χ2n) is 17.1. The average molecular weight is 835 g/mol. The van der Waals surface area contributed by atoms with E-state index in [4.69, 9.17) is 14.2 Å². The number of hydrogen-bond donors (Lipinski definition) is 1. The zero-order valence-electron chi connectivity index (χ0n) is 35.1. The predicted molar refractivity (Wildman–Crippen MR) is 237 cm³/mol. The molecule has 11 nitrogen and oxygen atoms in total. The number of rotatable bonds is 10. The Balaban J connectivity index is 1.09. The van der Waals surface area contributed by atoms with Crippen LogP contribution in [0.15, 0.2) is 126 Å². The summed E-state index contributed by atoms with van der Waals surface area (Å²) in [6, 6.07) is 36.4. The van der Waals surface area contributed by atoms with E-state index in [-0.39, 0.29) is 54.4 Å². The Morgan fingerprint density at radius 1 is 0.885 bits per heavy atom. The molecule has 9 rings (SSSR count). The molecule has 3 aliphatic heterocycles. The third kappa shape index (κ3) is 6.73. The SMILES string of the molecule is COc1ccc([Si](C)(C)[C@H]2[C@H](CC(=O)N3Cc4ccccc4C[C@H]3CO)O[C@@]3(C(=O)N(Cc4ccc(-n5ncc6ccccc6c5=O)cc4)c4ccc(OC)cc43)[C@@H]2C)cc1. The van der Waals surface area contributed by atoms with Gasteiger partial charge in [-0.3, -0.25) is 14.4 Å². The van der Waals surface area contributed by atoms with Gasteiger partial charge in [0, 0.05) is 23.4 Å². The summed E-state index contributed by atoms with van der Waals surface area (Å²) in [5.41, 5.74) is 3.31. The lowest BCUT2D eigenvalue weighted by atomic mass is 9.82. The van der Waals surface area contributed by atoms with E-state index in [1.165, 1.54) is 4.68 Å². The molecular weight excluding hydrogens is 785 g/mol. The smallest absolute Gasteiger partial charge is 0.279 e.